The van der Waals surface area contributed by atoms with Crippen LogP contribution in [0.5, 0.6) is 0 Å². The normalized spacial score (nSPS) is 11.1. The summed E-state index contributed by atoms with van der Waals surface area (Å²) >= 11 is 1.26. The minimum atomic E-state index is -0.389. The fourth-order valence-electron chi connectivity index (χ4n) is 2.48. The van der Waals surface area contributed by atoms with Gasteiger partial charge in [0.2, 0.25) is 5.91 Å². The summed E-state index contributed by atoms with van der Waals surface area (Å²) in [6.45, 7) is 5.96. The molecule has 2 heterocycles. The lowest BCUT2D eigenvalue weighted by molar-refractivity contribution is -0.115. The third-order valence-corrected chi connectivity index (χ3v) is 4.58. The minimum absolute atomic E-state index is 0.156. The van der Waals surface area contributed by atoms with E-state index in [1.807, 2.05) is 49.7 Å². The van der Waals surface area contributed by atoms with E-state index in [1.165, 1.54) is 17.3 Å². The van der Waals surface area contributed by atoms with Crippen LogP contribution in [-0.2, 0) is 4.79 Å². The molecule has 0 saturated heterocycles. The Bertz CT molecular complexity index is 886. The van der Waals surface area contributed by atoms with E-state index in [4.69, 9.17) is 10.8 Å². The van der Waals surface area contributed by atoms with Crippen LogP contribution in [0, 0.1) is 20.8 Å². The van der Waals surface area contributed by atoms with Crippen LogP contribution in [0.1, 0.15) is 17.0 Å². The van der Waals surface area contributed by atoms with Gasteiger partial charge >= 0.3 is 0 Å². The Morgan fingerprint density at radius 3 is 2.52 bits per heavy atom. The number of fused-ring (bicyclic) bond motifs is 1. The Kier molecular flexibility index (Phi) is 4.04. The number of hydrogen-bond acceptors (Lipinski definition) is 5. The number of amides is 1. The Labute approximate surface area is 138 Å². The van der Waals surface area contributed by atoms with Crippen LogP contribution in [0.2, 0.25) is 0 Å². The highest BCUT2D eigenvalue weighted by atomic mass is 32.2. The van der Waals surface area contributed by atoms with Crippen molar-refractivity contribution in [1.82, 2.24) is 20.0 Å². The molecule has 0 bridgehead atoms. The van der Waals surface area contributed by atoms with E-state index in [-0.39, 0.29) is 11.7 Å². The van der Waals surface area contributed by atoms with Gasteiger partial charge in [-0.2, -0.15) is 10.2 Å². The maximum Gasteiger partial charge on any atom is 0.227 e. The topological polar surface area (TPSA) is 86.7 Å². The van der Waals surface area contributed by atoms with Gasteiger partial charge in [0.1, 0.15) is 10.5 Å². The number of rotatable bonds is 4. The molecule has 3 rings (SSSR count). The smallest absolute Gasteiger partial charge is 0.227 e. The zero-order chi connectivity index (χ0) is 16.6. The molecule has 0 aliphatic carbocycles. The van der Waals surface area contributed by atoms with Gasteiger partial charge in [0.05, 0.1) is 22.8 Å². The largest absolute Gasteiger partial charge is 0.369 e. The second-order valence-corrected chi connectivity index (χ2v) is 6.37. The van der Waals surface area contributed by atoms with Gasteiger partial charge in [0.15, 0.2) is 0 Å². The zero-order valence-electron chi connectivity index (χ0n) is 13.2. The molecule has 23 heavy (non-hydrogen) atoms. The van der Waals surface area contributed by atoms with Gasteiger partial charge in [0.25, 0.3) is 0 Å². The average Bonchev–Trinajstić information content (AvgIpc) is 2.86. The summed E-state index contributed by atoms with van der Waals surface area (Å²) in [6, 6.07) is 8.15. The first-order valence-electron chi connectivity index (χ1n) is 7.18. The number of primary amides is 1. The molecule has 0 fully saturated rings. The maximum atomic E-state index is 11.0. The highest BCUT2D eigenvalue weighted by Crippen LogP contribution is 2.29. The Morgan fingerprint density at radius 1 is 1.17 bits per heavy atom. The average molecular weight is 327 g/mol. The number of benzene rings is 1. The van der Waals surface area contributed by atoms with E-state index in [9.17, 15) is 4.79 Å². The molecule has 0 aliphatic rings. The van der Waals surface area contributed by atoms with Crippen LogP contribution in [-0.4, -0.2) is 31.6 Å². The second kappa shape index (κ2) is 6.00. The molecule has 0 atom stereocenters. The number of nitrogens with zero attached hydrogens (tertiary/aromatic N) is 4. The maximum absolute atomic E-state index is 11.0. The molecule has 2 N–H and O–H groups in total. The number of nitrogens with two attached hydrogens (primary N) is 1. The van der Waals surface area contributed by atoms with Crippen molar-refractivity contribution in [2.24, 2.45) is 5.73 Å². The number of aryl methyl sites for hydroxylation is 3. The molecule has 7 heteroatoms. The number of carbonyl (C=O) groups is 1. The molecule has 3 aromatic rings. The number of aromatic nitrogens is 4. The van der Waals surface area contributed by atoms with Crippen molar-refractivity contribution in [3.63, 3.8) is 0 Å². The van der Waals surface area contributed by atoms with Crippen LogP contribution in [0.4, 0.5) is 0 Å². The van der Waals surface area contributed by atoms with Crippen molar-refractivity contribution in [3.8, 4) is 5.69 Å². The van der Waals surface area contributed by atoms with Crippen molar-refractivity contribution < 1.29 is 4.79 Å². The highest BCUT2D eigenvalue weighted by Gasteiger charge is 2.17. The van der Waals surface area contributed by atoms with E-state index < -0.39 is 0 Å². The quantitative estimate of drug-likeness (QED) is 0.743. The fraction of sp³-hybridized carbons (Fsp3) is 0.250. The molecule has 1 amide bonds. The lowest BCUT2D eigenvalue weighted by atomic mass is 10.2. The van der Waals surface area contributed by atoms with Gasteiger partial charge in [0, 0.05) is 5.39 Å². The third-order valence-electron chi connectivity index (χ3n) is 3.60. The zero-order valence-corrected chi connectivity index (χ0v) is 14.0. The molecule has 118 valence electrons. The monoisotopic (exact) mass is 327 g/mol. The molecule has 0 unspecified atom stereocenters. The van der Waals surface area contributed by atoms with Gasteiger partial charge in [-0.25, -0.2) is 4.68 Å². The van der Waals surface area contributed by atoms with E-state index in [1.54, 1.807) is 0 Å². The van der Waals surface area contributed by atoms with Crippen molar-refractivity contribution in [3.05, 3.63) is 41.2 Å². The second-order valence-electron chi connectivity index (χ2n) is 5.40. The van der Waals surface area contributed by atoms with Crippen LogP contribution in [0.3, 0.4) is 0 Å². The first-order chi connectivity index (χ1) is 11.0. The summed E-state index contributed by atoms with van der Waals surface area (Å²) in [5.74, 6) is -0.233. The number of hydrogen-bond donors (Lipinski definition) is 1. The molecular weight excluding hydrogens is 310 g/mol. The molecule has 0 aliphatic heterocycles. The Balaban J connectivity index is 2.16. The summed E-state index contributed by atoms with van der Waals surface area (Å²) < 4.78 is 1.88. The predicted molar refractivity (Wildman–Crippen MR) is 90.8 cm³/mol. The van der Waals surface area contributed by atoms with Crippen molar-refractivity contribution in [2.45, 2.75) is 25.8 Å². The van der Waals surface area contributed by atoms with Gasteiger partial charge in [-0.1, -0.05) is 29.5 Å². The van der Waals surface area contributed by atoms with Gasteiger partial charge < -0.3 is 5.73 Å². The number of thioether (sulfide) groups is 1. The molecule has 0 saturated carbocycles. The Morgan fingerprint density at radius 2 is 1.87 bits per heavy atom. The lowest BCUT2D eigenvalue weighted by Gasteiger charge is -2.04. The molecule has 1 aromatic carbocycles. The first-order valence-corrected chi connectivity index (χ1v) is 8.16. The van der Waals surface area contributed by atoms with E-state index in [2.05, 4.69) is 10.2 Å². The summed E-state index contributed by atoms with van der Waals surface area (Å²) in [4.78, 5) is 11.0. The molecule has 2 aromatic heterocycles. The summed E-state index contributed by atoms with van der Waals surface area (Å²) in [5.41, 5.74) is 9.96. The Hall–Kier alpha value is -2.41. The summed E-state index contributed by atoms with van der Waals surface area (Å²) in [5, 5.41) is 14.6. The van der Waals surface area contributed by atoms with Crippen LogP contribution >= 0.6 is 11.8 Å². The molecule has 0 radical (unpaired) electrons. The van der Waals surface area contributed by atoms with E-state index in [0.29, 0.717) is 5.03 Å². The predicted octanol–water partition coefficient (Wildman–Crippen LogP) is 2.32. The third kappa shape index (κ3) is 2.92. The van der Waals surface area contributed by atoms with Gasteiger partial charge in [-0.05, 0) is 32.9 Å². The number of carbonyl (C=O) groups excluding carboxylic acids is 1. The highest BCUT2D eigenvalue weighted by molar-refractivity contribution is 8.00. The van der Waals surface area contributed by atoms with Crippen molar-refractivity contribution in [1.29, 1.82) is 0 Å². The van der Waals surface area contributed by atoms with E-state index >= 15 is 0 Å². The molecule has 0 spiro atoms. The van der Waals surface area contributed by atoms with Gasteiger partial charge in [-0.15, -0.1) is 5.10 Å². The van der Waals surface area contributed by atoms with Crippen LogP contribution in [0.25, 0.3) is 16.6 Å². The molecular formula is C16H17N5OS. The SMILES string of the molecule is Cc1ccc(-n2nc3c(SCC(N)=O)nnc(C)c3c2C)cc1. The van der Waals surface area contributed by atoms with Crippen LogP contribution < -0.4 is 5.73 Å². The van der Waals surface area contributed by atoms with Crippen molar-refractivity contribution >= 4 is 28.6 Å². The standard InChI is InChI=1S/C16H17N5OS/c1-9-4-6-12(7-5-9)21-11(3)14-10(2)18-19-16(15(14)20-21)23-8-13(17)22/h4-7H,8H2,1-3H3,(H2,17,22). The first kappa shape index (κ1) is 15.5. The van der Waals surface area contributed by atoms with E-state index in [0.717, 1.165) is 28.0 Å². The van der Waals surface area contributed by atoms with Gasteiger partial charge in [-0.3, -0.25) is 4.79 Å². The minimum Gasteiger partial charge on any atom is -0.369 e. The fourth-order valence-corrected chi connectivity index (χ4v) is 3.13. The van der Waals surface area contributed by atoms with Crippen LogP contribution in [0.15, 0.2) is 29.3 Å². The lowest BCUT2D eigenvalue weighted by Crippen LogP contribution is -2.13. The summed E-state index contributed by atoms with van der Waals surface area (Å²) in [6.07, 6.45) is 0. The summed E-state index contributed by atoms with van der Waals surface area (Å²) in [7, 11) is 0. The van der Waals surface area contributed by atoms with Crippen molar-refractivity contribution in [2.75, 3.05) is 5.75 Å². The molecule has 6 nitrogen and oxygen atoms in total.